The van der Waals surface area contributed by atoms with Crippen molar-refractivity contribution in [3.63, 3.8) is 0 Å². The number of anilines is 1. The molecule has 2 aromatic heterocycles. The van der Waals surface area contributed by atoms with Gasteiger partial charge in [0.1, 0.15) is 0 Å². The Morgan fingerprint density at radius 1 is 1.00 bits per heavy atom. The van der Waals surface area contributed by atoms with Crippen molar-refractivity contribution in [1.29, 1.82) is 0 Å². The van der Waals surface area contributed by atoms with Gasteiger partial charge < -0.3 is 19.9 Å². The second-order valence-corrected chi connectivity index (χ2v) is 9.21. The van der Waals surface area contributed by atoms with Gasteiger partial charge in [-0.1, -0.05) is 30.3 Å². The highest BCUT2D eigenvalue weighted by atomic mass is 32.1. The van der Waals surface area contributed by atoms with Gasteiger partial charge in [-0.25, -0.2) is 4.79 Å². The zero-order chi connectivity index (χ0) is 24.7. The standard InChI is InChI=1S/C28H26N4O2S/c1-17-9-8-10-20(15-17)32-26(25(30-28(32)35)23-12-6-7-14-29-23)22-16-18(2)31(19(22)3)24-13-5-4-11-21(24)27(33)34/h4-16,25-26H,1-3H3,(H,30,35)(H,33,34)/t25-,26+/m0/s1. The Hall–Kier alpha value is -3.97. The van der Waals surface area contributed by atoms with Gasteiger partial charge >= 0.3 is 5.97 Å². The van der Waals surface area contributed by atoms with Gasteiger partial charge in [-0.05, 0) is 86.6 Å². The number of benzene rings is 2. The van der Waals surface area contributed by atoms with Crippen LogP contribution in [0.2, 0.25) is 0 Å². The number of nitrogens with zero attached hydrogens (tertiary/aromatic N) is 3. The van der Waals surface area contributed by atoms with Gasteiger partial charge in [0.05, 0.1) is 29.0 Å². The first-order valence-corrected chi connectivity index (χ1v) is 11.9. The molecule has 5 rings (SSSR count). The van der Waals surface area contributed by atoms with E-state index in [0.29, 0.717) is 10.8 Å². The number of para-hydroxylation sites is 1. The molecule has 3 heterocycles. The van der Waals surface area contributed by atoms with Crippen molar-refractivity contribution < 1.29 is 9.90 Å². The zero-order valence-corrected chi connectivity index (χ0v) is 20.6. The summed E-state index contributed by atoms with van der Waals surface area (Å²) in [6.45, 7) is 6.10. The van der Waals surface area contributed by atoms with E-state index in [-0.39, 0.29) is 17.6 Å². The molecule has 1 saturated heterocycles. The Morgan fingerprint density at radius 3 is 2.49 bits per heavy atom. The number of aromatic carboxylic acids is 1. The number of pyridine rings is 1. The third-order valence-corrected chi connectivity index (χ3v) is 6.86. The second kappa shape index (κ2) is 9.00. The summed E-state index contributed by atoms with van der Waals surface area (Å²) >= 11 is 5.85. The fraction of sp³-hybridized carbons (Fsp3) is 0.179. The van der Waals surface area contributed by atoms with Crippen molar-refractivity contribution in [3.8, 4) is 5.69 Å². The van der Waals surface area contributed by atoms with Crippen molar-refractivity contribution in [2.75, 3.05) is 4.90 Å². The maximum Gasteiger partial charge on any atom is 0.337 e. The lowest BCUT2D eigenvalue weighted by Gasteiger charge is -2.28. The smallest absolute Gasteiger partial charge is 0.337 e. The predicted octanol–water partition coefficient (Wildman–Crippen LogP) is 5.67. The van der Waals surface area contributed by atoms with Crippen LogP contribution in [-0.4, -0.2) is 25.7 Å². The van der Waals surface area contributed by atoms with Gasteiger partial charge in [0, 0.05) is 23.3 Å². The molecule has 0 amide bonds. The Morgan fingerprint density at radius 2 is 1.77 bits per heavy atom. The number of thiocarbonyl (C=S) groups is 1. The molecule has 2 N–H and O–H groups in total. The average Bonchev–Trinajstić information content (AvgIpc) is 3.34. The predicted molar refractivity (Wildman–Crippen MR) is 141 cm³/mol. The van der Waals surface area contributed by atoms with Crippen molar-refractivity contribution in [3.05, 3.63) is 113 Å². The summed E-state index contributed by atoms with van der Waals surface area (Å²) in [5.41, 5.74) is 6.93. The van der Waals surface area contributed by atoms with Crippen LogP contribution in [0, 0.1) is 20.8 Å². The van der Waals surface area contributed by atoms with E-state index in [1.165, 1.54) is 0 Å². The van der Waals surface area contributed by atoms with Gasteiger partial charge in [-0.2, -0.15) is 0 Å². The van der Waals surface area contributed by atoms with Gasteiger partial charge in [-0.3, -0.25) is 4.98 Å². The van der Waals surface area contributed by atoms with Crippen molar-refractivity contribution in [1.82, 2.24) is 14.9 Å². The molecule has 4 aromatic rings. The minimum atomic E-state index is -0.953. The topological polar surface area (TPSA) is 70.4 Å². The quantitative estimate of drug-likeness (QED) is 0.357. The molecule has 176 valence electrons. The van der Waals surface area contributed by atoms with Crippen LogP contribution in [0.15, 0.2) is 79.0 Å². The lowest BCUT2D eigenvalue weighted by Crippen LogP contribution is -2.29. The highest BCUT2D eigenvalue weighted by Gasteiger charge is 2.42. The van der Waals surface area contributed by atoms with Gasteiger partial charge in [-0.15, -0.1) is 0 Å². The molecule has 0 saturated carbocycles. The molecular weight excluding hydrogens is 456 g/mol. The Kier molecular flexibility index (Phi) is 5.86. The highest BCUT2D eigenvalue weighted by Crippen LogP contribution is 2.44. The van der Waals surface area contributed by atoms with E-state index >= 15 is 0 Å². The first-order chi connectivity index (χ1) is 16.9. The van der Waals surface area contributed by atoms with E-state index in [9.17, 15) is 9.90 Å². The molecule has 1 fully saturated rings. The van der Waals surface area contributed by atoms with Crippen LogP contribution in [0.3, 0.4) is 0 Å². The summed E-state index contributed by atoms with van der Waals surface area (Å²) < 4.78 is 2.02. The zero-order valence-electron chi connectivity index (χ0n) is 19.8. The van der Waals surface area contributed by atoms with Crippen molar-refractivity contribution in [2.24, 2.45) is 0 Å². The van der Waals surface area contributed by atoms with Crippen LogP contribution in [0.4, 0.5) is 5.69 Å². The van der Waals surface area contributed by atoms with Crippen LogP contribution >= 0.6 is 12.2 Å². The third kappa shape index (κ3) is 3.98. The molecule has 1 aliphatic heterocycles. The molecule has 0 bridgehead atoms. The van der Waals surface area contributed by atoms with Gasteiger partial charge in [0.2, 0.25) is 0 Å². The van der Waals surface area contributed by atoms with Gasteiger partial charge in [0.15, 0.2) is 5.11 Å². The number of hydrogen-bond acceptors (Lipinski definition) is 3. The van der Waals surface area contributed by atoms with E-state index in [1.807, 2.05) is 54.8 Å². The molecule has 0 radical (unpaired) electrons. The fourth-order valence-electron chi connectivity index (χ4n) is 5.03. The number of carboxylic acid groups (broad SMARTS) is 1. The highest BCUT2D eigenvalue weighted by molar-refractivity contribution is 7.80. The molecule has 0 unspecified atom stereocenters. The molecule has 35 heavy (non-hydrogen) atoms. The minimum Gasteiger partial charge on any atom is -0.478 e. The summed E-state index contributed by atoms with van der Waals surface area (Å²) in [4.78, 5) is 18.8. The number of rotatable bonds is 5. The van der Waals surface area contributed by atoms with Gasteiger partial charge in [0.25, 0.3) is 0 Å². The largest absolute Gasteiger partial charge is 0.478 e. The number of aromatic nitrogens is 2. The molecule has 0 spiro atoms. The maximum atomic E-state index is 12.0. The summed E-state index contributed by atoms with van der Waals surface area (Å²) in [5, 5.41) is 13.9. The van der Waals surface area contributed by atoms with Crippen LogP contribution < -0.4 is 10.2 Å². The normalized spacial score (nSPS) is 17.5. The van der Waals surface area contributed by atoms with E-state index in [0.717, 1.165) is 33.9 Å². The molecule has 6 nitrogen and oxygen atoms in total. The molecule has 7 heteroatoms. The maximum absolute atomic E-state index is 12.0. The number of nitrogens with one attached hydrogen (secondary N) is 1. The van der Waals surface area contributed by atoms with Crippen LogP contribution in [0.5, 0.6) is 0 Å². The number of aryl methyl sites for hydroxylation is 2. The monoisotopic (exact) mass is 482 g/mol. The SMILES string of the molecule is Cc1cccc(N2C(=S)N[C@@H](c3ccccn3)[C@H]2c2cc(C)n(-c3ccccc3C(=O)O)c2C)c1. The second-order valence-electron chi connectivity index (χ2n) is 8.82. The molecule has 2 aromatic carbocycles. The average molecular weight is 483 g/mol. The number of carbonyl (C=O) groups is 1. The number of carboxylic acids is 1. The van der Waals surface area contributed by atoms with Crippen LogP contribution in [-0.2, 0) is 0 Å². The van der Waals surface area contributed by atoms with Crippen molar-refractivity contribution in [2.45, 2.75) is 32.9 Å². The first kappa shape index (κ1) is 22.8. The van der Waals surface area contributed by atoms with E-state index in [4.69, 9.17) is 12.2 Å². The van der Waals surface area contributed by atoms with Crippen LogP contribution in [0.25, 0.3) is 5.69 Å². The molecular formula is C28H26N4O2S. The van der Waals surface area contributed by atoms with Crippen molar-refractivity contribution >= 4 is 29.0 Å². The lowest BCUT2D eigenvalue weighted by atomic mass is 9.96. The van der Waals surface area contributed by atoms with E-state index in [1.54, 1.807) is 18.3 Å². The Bertz CT molecular complexity index is 1430. The molecule has 0 aliphatic carbocycles. The summed E-state index contributed by atoms with van der Waals surface area (Å²) in [5.74, 6) is -0.953. The summed E-state index contributed by atoms with van der Waals surface area (Å²) in [7, 11) is 0. The molecule has 2 atom stereocenters. The lowest BCUT2D eigenvalue weighted by molar-refractivity contribution is 0.0697. The third-order valence-electron chi connectivity index (χ3n) is 6.54. The first-order valence-electron chi connectivity index (χ1n) is 11.5. The molecule has 1 aliphatic rings. The Labute approximate surface area is 209 Å². The number of hydrogen-bond donors (Lipinski definition) is 2. The van der Waals surface area contributed by atoms with E-state index < -0.39 is 5.97 Å². The summed E-state index contributed by atoms with van der Waals surface area (Å²) in [6, 6.07) is 23.1. The minimum absolute atomic E-state index is 0.170. The van der Waals surface area contributed by atoms with Crippen LogP contribution in [0.1, 0.15) is 50.7 Å². The summed E-state index contributed by atoms with van der Waals surface area (Å²) in [6.07, 6.45) is 1.79. The fourth-order valence-corrected chi connectivity index (χ4v) is 5.38. The Balaban J connectivity index is 1.71. The van der Waals surface area contributed by atoms with E-state index in [2.05, 4.69) is 46.4 Å².